The molecule has 1 aromatic heterocycles. The second kappa shape index (κ2) is 6.26. The van der Waals surface area contributed by atoms with Gasteiger partial charge in [0.05, 0.1) is 4.91 Å². The molecule has 0 fully saturated rings. The number of hydrogen-bond acceptors (Lipinski definition) is 3. The van der Waals surface area contributed by atoms with Crippen molar-refractivity contribution in [1.82, 2.24) is 4.98 Å². The Bertz CT molecular complexity index is 1050. The highest BCUT2D eigenvalue weighted by molar-refractivity contribution is 8.18. The van der Waals surface area contributed by atoms with Gasteiger partial charge in [0.25, 0.3) is 5.91 Å². The maximum Gasteiger partial charge on any atom is 0.286 e. The van der Waals surface area contributed by atoms with Crippen LogP contribution in [-0.4, -0.2) is 16.1 Å². The van der Waals surface area contributed by atoms with Gasteiger partial charge in [-0.15, -0.1) is 0 Å². The highest BCUT2D eigenvalue weighted by Gasteiger charge is 2.22. The van der Waals surface area contributed by atoms with Crippen LogP contribution in [0.15, 0.2) is 58.6 Å². The van der Waals surface area contributed by atoms with Crippen molar-refractivity contribution in [2.45, 2.75) is 13.8 Å². The van der Waals surface area contributed by atoms with E-state index in [0.29, 0.717) is 10.1 Å². The summed E-state index contributed by atoms with van der Waals surface area (Å²) in [5.41, 5.74) is 5.43. The van der Waals surface area contributed by atoms with Crippen LogP contribution in [0.2, 0.25) is 0 Å². The fraction of sp³-hybridized carbons (Fsp3) is 0.100. The predicted molar refractivity (Wildman–Crippen MR) is 106 cm³/mol. The largest absolute Gasteiger partial charge is 0.361 e. The van der Waals surface area contributed by atoms with Crippen molar-refractivity contribution in [3.8, 4) is 0 Å². The van der Waals surface area contributed by atoms with Gasteiger partial charge in [0.2, 0.25) is 0 Å². The number of aryl methyl sites for hydroxylation is 2. The lowest BCUT2D eigenvalue weighted by molar-refractivity contribution is -0.113. The lowest BCUT2D eigenvalue weighted by Crippen LogP contribution is -2.05. The number of benzene rings is 2. The van der Waals surface area contributed by atoms with E-state index in [0.717, 1.165) is 22.2 Å². The summed E-state index contributed by atoms with van der Waals surface area (Å²) in [6, 6.07) is 14.1. The van der Waals surface area contributed by atoms with Gasteiger partial charge < -0.3 is 10.3 Å². The van der Waals surface area contributed by atoms with E-state index < -0.39 is 0 Å². The average molecular weight is 347 g/mol. The first-order valence-corrected chi connectivity index (χ1v) is 8.85. The van der Waals surface area contributed by atoms with Crippen molar-refractivity contribution < 1.29 is 4.79 Å². The number of nitrogens with zero attached hydrogens (tertiary/aromatic N) is 1. The molecule has 5 heteroatoms. The van der Waals surface area contributed by atoms with E-state index in [1.54, 1.807) is 0 Å². The van der Waals surface area contributed by atoms with Crippen molar-refractivity contribution in [2.75, 3.05) is 5.32 Å². The number of thioether (sulfide) groups is 1. The molecule has 4 nitrogen and oxygen atoms in total. The molecule has 4 rings (SSSR count). The highest BCUT2D eigenvalue weighted by Crippen LogP contribution is 2.31. The summed E-state index contributed by atoms with van der Waals surface area (Å²) < 4.78 is 0. The van der Waals surface area contributed by atoms with Crippen LogP contribution in [0.25, 0.3) is 17.0 Å². The SMILES string of the molecule is Cc1ccc(NC2=NC(=O)/C(=C/c3c[nH]c4ccccc34)S2)cc1C. The summed E-state index contributed by atoms with van der Waals surface area (Å²) in [5, 5.41) is 4.94. The second-order valence-electron chi connectivity index (χ2n) is 6.05. The normalized spacial score (nSPS) is 15.8. The van der Waals surface area contributed by atoms with Crippen LogP contribution >= 0.6 is 11.8 Å². The van der Waals surface area contributed by atoms with Crippen LogP contribution < -0.4 is 5.32 Å². The zero-order valence-corrected chi connectivity index (χ0v) is 14.8. The van der Waals surface area contributed by atoms with Crippen molar-refractivity contribution >= 4 is 45.5 Å². The third-order valence-electron chi connectivity index (χ3n) is 4.29. The minimum Gasteiger partial charge on any atom is -0.361 e. The molecule has 1 amide bonds. The van der Waals surface area contributed by atoms with Crippen LogP contribution in [0.1, 0.15) is 16.7 Å². The summed E-state index contributed by atoms with van der Waals surface area (Å²) in [5.74, 6) is -0.207. The first-order chi connectivity index (χ1) is 12.1. The van der Waals surface area contributed by atoms with Crippen molar-refractivity contribution in [3.05, 3.63) is 70.3 Å². The number of anilines is 1. The van der Waals surface area contributed by atoms with Gasteiger partial charge in [-0.1, -0.05) is 24.3 Å². The number of fused-ring (bicyclic) bond motifs is 1. The number of nitrogens with one attached hydrogen (secondary N) is 2. The minimum atomic E-state index is -0.207. The molecule has 0 bridgehead atoms. The standard InChI is InChI=1S/C20H17N3OS/c1-12-7-8-15(9-13(12)2)22-20-23-19(24)18(25-20)10-14-11-21-17-6-4-3-5-16(14)17/h3-11,21H,1-2H3,(H,22,23,24)/b18-10-. The van der Waals surface area contributed by atoms with Crippen molar-refractivity contribution in [3.63, 3.8) is 0 Å². The smallest absolute Gasteiger partial charge is 0.286 e. The monoisotopic (exact) mass is 347 g/mol. The molecule has 3 aromatic rings. The lowest BCUT2D eigenvalue weighted by atomic mass is 10.1. The van der Waals surface area contributed by atoms with Crippen LogP contribution in [0.5, 0.6) is 0 Å². The molecule has 124 valence electrons. The number of hydrogen-bond donors (Lipinski definition) is 2. The molecule has 0 aliphatic carbocycles. The molecule has 2 N–H and O–H groups in total. The number of aromatic nitrogens is 1. The quantitative estimate of drug-likeness (QED) is 0.650. The van der Waals surface area contributed by atoms with Gasteiger partial charge in [-0.3, -0.25) is 4.79 Å². The van der Waals surface area contributed by atoms with Crippen molar-refractivity contribution in [2.24, 2.45) is 4.99 Å². The lowest BCUT2D eigenvalue weighted by Gasteiger charge is -2.07. The topological polar surface area (TPSA) is 57.2 Å². The Balaban J connectivity index is 1.56. The molecule has 0 saturated heterocycles. The number of aromatic amines is 1. The van der Waals surface area contributed by atoms with Crippen molar-refractivity contribution in [1.29, 1.82) is 0 Å². The zero-order chi connectivity index (χ0) is 17.4. The first kappa shape index (κ1) is 15.7. The number of amidine groups is 1. The fourth-order valence-corrected chi connectivity index (χ4v) is 3.58. The second-order valence-corrected chi connectivity index (χ2v) is 7.08. The van der Waals surface area contributed by atoms with Crippen LogP contribution in [0.3, 0.4) is 0 Å². The molecule has 0 saturated carbocycles. The van der Waals surface area contributed by atoms with E-state index in [4.69, 9.17) is 0 Å². The number of H-pyrrole nitrogens is 1. The first-order valence-electron chi connectivity index (χ1n) is 8.03. The number of aliphatic imine (C=N–C) groups is 1. The van der Waals surface area contributed by atoms with Crippen LogP contribution in [-0.2, 0) is 4.79 Å². The fourth-order valence-electron chi connectivity index (χ4n) is 2.76. The van der Waals surface area contributed by atoms with Gasteiger partial charge in [-0.2, -0.15) is 4.99 Å². The average Bonchev–Trinajstić information content (AvgIpc) is 3.16. The van der Waals surface area contributed by atoms with E-state index in [1.807, 2.05) is 42.6 Å². The van der Waals surface area contributed by atoms with Gasteiger partial charge in [0.1, 0.15) is 0 Å². The predicted octanol–water partition coefficient (Wildman–Crippen LogP) is 4.87. The Morgan fingerprint density at radius 1 is 1.12 bits per heavy atom. The van der Waals surface area contributed by atoms with Gasteiger partial charge >= 0.3 is 0 Å². The molecule has 2 aromatic carbocycles. The summed E-state index contributed by atoms with van der Waals surface area (Å²) in [6.45, 7) is 4.14. The minimum absolute atomic E-state index is 0.207. The van der Waals surface area contributed by atoms with E-state index in [9.17, 15) is 4.79 Å². The van der Waals surface area contributed by atoms with Gasteiger partial charge in [-0.05, 0) is 61.0 Å². The molecular formula is C20H17N3OS. The Labute approximate surface area is 150 Å². The number of para-hydroxylation sites is 1. The van der Waals surface area contributed by atoms with Crippen LogP contribution in [0, 0.1) is 13.8 Å². The van der Waals surface area contributed by atoms with Crippen LogP contribution in [0.4, 0.5) is 5.69 Å². The molecule has 25 heavy (non-hydrogen) atoms. The summed E-state index contributed by atoms with van der Waals surface area (Å²) >= 11 is 1.37. The van der Waals surface area contributed by atoms with E-state index >= 15 is 0 Å². The highest BCUT2D eigenvalue weighted by atomic mass is 32.2. The molecule has 0 radical (unpaired) electrons. The number of carbonyl (C=O) groups is 1. The Morgan fingerprint density at radius 2 is 1.96 bits per heavy atom. The van der Waals surface area contributed by atoms with E-state index in [1.165, 1.54) is 22.9 Å². The van der Waals surface area contributed by atoms with Gasteiger partial charge in [0.15, 0.2) is 5.17 Å². The molecular weight excluding hydrogens is 330 g/mol. The summed E-state index contributed by atoms with van der Waals surface area (Å²) in [4.78, 5) is 20.2. The van der Waals surface area contributed by atoms with E-state index in [-0.39, 0.29) is 5.91 Å². The molecule has 0 spiro atoms. The molecule has 1 aliphatic heterocycles. The van der Waals surface area contributed by atoms with E-state index in [2.05, 4.69) is 41.3 Å². The van der Waals surface area contributed by atoms with Gasteiger partial charge in [-0.25, -0.2) is 0 Å². The molecule has 0 unspecified atom stereocenters. The number of rotatable bonds is 2. The molecule has 1 aliphatic rings. The number of carbonyl (C=O) groups excluding carboxylic acids is 1. The summed E-state index contributed by atoms with van der Waals surface area (Å²) in [7, 11) is 0. The Morgan fingerprint density at radius 3 is 2.80 bits per heavy atom. The third kappa shape index (κ3) is 3.10. The molecule has 2 heterocycles. The maximum absolute atomic E-state index is 12.2. The zero-order valence-electron chi connectivity index (χ0n) is 14.0. The summed E-state index contributed by atoms with van der Waals surface area (Å²) in [6.07, 6.45) is 3.81. The Hall–Kier alpha value is -2.79. The third-order valence-corrected chi connectivity index (χ3v) is 5.19. The number of amides is 1. The molecule has 0 atom stereocenters. The maximum atomic E-state index is 12.2. The Kier molecular flexibility index (Phi) is 3.93. The van der Waals surface area contributed by atoms with Gasteiger partial charge in [0, 0.05) is 28.4 Å².